The van der Waals surface area contributed by atoms with E-state index in [0.29, 0.717) is 0 Å². The quantitative estimate of drug-likeness (QED) is 0.232. The van der Waals surface area contributed by atoms with Gasteiger partial charge < -0.3 is 4.57 Å². The molecule has 2 heteroatoms. The highest BCUT2D eigenvalue weighted by Crippen LogP contribution is 2.63. The minimum Gasteiger partial charge on any atom is -0.307 e. The molecule has 0 spiro atoms. The van der Waals surface area contributed by atoms with Crippen LogP contribution in [0.25, 0.3) is 49.7 Å². The normalized spacial score (nSPS) is 16.0. The van der Waals surface area contributed by atoms with Crippen LogP contribution >= 0.6 is 0 Å². The predicted octanol–water partition coefficient (Wildman–Crippen LogP) is 8.79. The Bertz CT molecular complexity index is 1920. The van der Waals surface area contributed by atoms with Gasteiger partial charge in [-0.25, -0.2) is 0 Å². The summed E-state index contributed by atoms with van der Waals surface area (Å²) < 4.78 is 2.46. The lowest BCUT2D eigenvalue weighted by molar-refractivity contribution is 0.602. The van der Waals surface area contributed by atoms with Crippen molar-refractivity contribution in [1.82, 2.24) is 9.55 Å². The lowest BCUT2D eigenvalue weighted by atomic mass is 9.72. The fraction of sp³-hybridized carbons (Fsp3) is 0.171. The average Bonchev–Trinajstić information content (AvgIpc) is 3.47. The van der Waals surface area contributed by atoms with Crippen LogP contribution in [0.2, 0.25) is 0 Å². The van der Waals surface area contributed by atoms with E-state index in [1.807, 2.05) is 18.5 Å². The lowest BCUT2D eigenvalue weighted by Gasteiger charge is -2.31. The summed E-state index contributed by atoms with van der Waals surface area (Å²) in [5.41, 5.74) is 14.7. The van der Waals surface area contributed by atoms with Gasteiger partial charge in [0.05, 0.1) is 22.9 Å². The summed E-state index contributed by atoms with van der Waals surface area (Å²) in [6, 6.07) is 31.2. The highest BCUT2D eigenvalue weighted by molar-refractivity contribution is 6.23. The van der Waals surface area contributed by atoms with Gasteiger partial charge in [0.25, 0.3) is 0 Å². The third-order valence-electron chi connectivity index (χ3n) is 9.01. The molecule has 2 nitrogen and oxygen atoms in total. The summed E-state index contributed by atoms with van der Waals surface area (Å²) in [6.07, 6.45) is 3.85. The second kappa shape index (κ2) is 6.77. The number of rotatable bonds is 1. The molecule has 178 valence electrons. The molecule has 0 radical (unpaired) electrons. The third-order valence-corrected chi connectivity index (χ3v) is 9.01. The molecule has 0 N–H and O–H groups in total. The Morgan fingerprint density at radius 2 is 1.22 bits per heavy atom. The SMILES string of the molecule is CC1(C)c2ccccc2-c2c1c1c(c3c2c2ccccc2n3-c2cccnc2)-c2ccccc2C1(C)C. The molecule has 2 aliphatic carbocycles. The van der Waals surface area contributed by atoms with E-state index < -0.39 is 0 Å². The van der Waals surface area contributed by atoms with Crippen molar-refractivity contribution in [2.45, 2.75) is 38.5 Å². The van der Waals surface area contributed by atoms with Crippen molar-refractivity contribution >= 4 is 21.8 Å². The number of benzene rings is 4. The molecule has 0 fully saturated rings. The zero-order chi connectivity index (χ0) is 25.1. The molecule has 0 saturated carbocycles. The standard InChI is InChI=1S/C35H28N2/c1-34(2)25-16-8-5-13-22(25)28-29-24-15-7-10-18-27(24)37(21-12-11-19-36-20-21)33(29)30-23-14-6-9-17-26(23)35(3,4)32(30)31(28)34/h5-20H,1-4H3. The number of fused-ring (bicyclic) bond motifs is 12. The molecule has 0 saturated heterocycles. The molecule has 0 atom stereocenters. The van der Waals surface area contributed by atoms with Crippen LogP contribution in [0.3, 0.4) is 0 Å². The van der Waals surface area contributed by atoms with Crippen LogP contribution in [0, 0.1) is 0 Å². The summed E-state index contributed by atoms with van der Waals surface area (Å²) in [7, 11) is 0. The zero-order valence-corrected chi connectivity index (χ0v) is 21.6. The molecule has 0 amide bonds. The molecule has 6 aromatic rings. The van der Waals surface area contributed by atoms with Crippen LogP contribution in [-0.4, -0.2) is 9.55 Å². The van der Waals surface area contributed by atoms with Crippen molar-refractivity contribution < 1.29 is 0 Å². The number of nitrogens with zero attached hydrogens (tertiary/aromatic N) is 2. The minimum atomic E-state index is -0.111. The molecular formula is C35H28N2. The van der Waals surface area contributed by atoms with Crippen molar-refractivity contribution in [1.29, 1.82) is 0 Å². The predicted molar refractivity (Wildman–Crippen MR) is 154 cm³/mol. The first kappa shape index (κ1) is 21.0. The smallest absolute Gasteiger partial charge is 0.0645 e. The Labute approximate surface area is 217 Å². The van der Waals surface area contributed by atoms with Gasteiger partial charge in [0.1, 0.15) is 0 Å². The van der Waals surface area contributed by atoms with Crippen LogP contribution < -0.4 is 0 Å². The highest BCUT2D eigenvalue weighted by Gasteiger charge is 2.48. The number of hydrogen-bond acceptors (Lipinski definition) is 1. The lowest BCUT2D eigenvalue weighted by Crippen LogP contribution is -2.24. The second-order valence-corrected chi connectivity index (χ2v) is 11.6. The van der Waals surface area contributed by atoms with Crippen LogP contribution in [0.4, 0.5) is 0 Å². The molecule has 4 aromatic carbocycles. The fourth-order valence-corrected chi connectivity index (χ4v) is 7.52. The summed E-state index contributed by atoms with van der Waals surface area (Å²) >= 11 is 0. The Morgan fingerprint density at radius 3 is 1.89 bits per heavy atom. The van der Waals surface area contributed by atoms with Gasteiger partial charge in [-0.05, 0) is 57.1 Å². The van der Waals surface area contributed by atoms with Crippen molar-refractivity contribution in [3.63, 3.8) is 0 Å². The van der Waals surface area contributed by atoms with Gasteiger partial charge in [0, 0.05) is 33.4 Å². The molecule has 2 aromatic heterocycles. The van der Waals surface area contributed by atoms with Crippen LogP contribution in [0.5, 0.6) is 0 Å². The Hall–Kier alpha value is -4.17. The van der Waals surface area contributed by atoms with E-state index in [2.05, 4.69) is 116 Å². The summed E-state index contributed by atoms with van der Waals surface area (Å²) in [5.74, 6) is 0. The largest absolute Gasteiger partial charge is 0.307 e. The molecule has 2 aliphatic rings. The number of pyridine rings is 1. The van der Waals surface area contributed by atoms with Crippen molar-refractivity contribution in [3.8, 4) is 27.9 Å². The van der Waals surface area contributed by atoms with Crippen molar-refractivity contribution in [3.05, 3.63) is 120 Å². The molecular weight excluding hydrogens is 448 g/mol. The molecule has 8 rings (SSSR count). The molecule has 2 heterocycles. The number of para-hydroxylation sites is 1. The minimum absolute atomic E-state index is 0.0962. The Morgan fingerprint density at radius 1 is 0.622 bits per heavy atom. The number of aromatic nitrogens is 2. The molecule has 0 unspecified atom stereocenters. The Balaban J connectivity index is 1.73. The van der Waals surface area contributed by atoms with E-state index in [1.165, 1.54) is 66.3 Å². The highest BCUT2D eigenvalue weighted by atomic mass is 15.0. The molecule has 37 heavy (non-hydrogen) atoms. The van der Waals surface area contributed by atoms with Crippen molar-refractivity contribution in [2.75, 3.05) is 0 Å². The number of hydrogen-bond donors (Lipinski definition) is 0. The van der Waals surface area contributed by atoms with E-state index in [4.69, 9.17) is 0 Å². The fourth-order valence-electron chi connectivity index (χ4n) is 7.52. The first-order valence-corrected chi connectivity index (χ1v) is 13.2. The summed E-state index contributed by atoms with van der Waals surface area (Å²) in [5, 5.41) is 2.66. The van der Waals surface area contributed by atoms with Gasteiger partial charge in [0.15, 0.2) is 0 Å². The second-order valence-electron chi connectivity index (χ2n) is 11.6. The van der Waals surface area contributed by atoms with E-state index in [-0.39, 0.29) is 10.8 Å². The van der Waals surface area contributed by atoms with Gasteiger partial charge in [-0.2, -0.15) is 0 Å². The van der Waals surface area contributed by atoms with Crippen LogP contribution in [0.15, 0.2) is 97.3 Å². The van der Waals surface area contributed by atoms with Crippen molar-refractivity contribution in [2.24, 2.45) is 0 Å². The average molecular weight is 477 g/mol. The van der Waals surface area contributed by atoms with Gasteiger partial charge in [-0.15, -0.1) is 0 Å². The van der Waals surface area contributed by atoms with Gasteiger partial charge in [-0.1, -0.05) is 94.4 Å². The van der Waals surface area contributed by atoms with E-state index in [9.17, 15) is 0 Å². The van der Waals surface area contributed by atoms with E-state index in [0.717, 1.165) is 5.69 Å². The summed E-state index contributed by atoms with van der Waals surface area (Å²) in [4.78, 5) is 4.53. The maximum absolute atomic E-state index is 4.53. The molecule has 0 bridgehead atoms. The zero-order valence-electron chi connectivity index (χ0n) is 21.6. The molecule has 0 aliphatic heterocycles. The van der Waals surface area contributed by atoms with Crippen LogP contribution in [0.1, 0.15) is 49.9 Å². The van der Waals surface area contributed by atoms with Gasteiger partial charge >= 0.3 is 0 Å². The van der Waals surface area contributed by atoms with Gasteiger partial charge in [0.2, 0.25) is 0 Å². The first-order valence-electron chi connectivity index (χ1n) is 13.2. The summed E-state index contributed by atoms with van der Waals surface area (Å²) in [6.45, 7) is 9.67. The third kappa shape index (κ3) is 2.39. The maximum Gasteiger partial charge on any atom is 0.0645 e. The topological polar surface area (TPSA) is 17.8 Å². The van der Waals surface area contributed by atoms with Gasteiger partial charge in [-0.3, -0.25) is 4.98 Å². The first-order chi connectivity index (χ1) is 17.9. The van der Waals surface area contributed by atoms with E-state index in [1.54, 1.807) is 0 Å². The Kier molecular flexibility index (Phi) is 3.84. The maximum atomic E-state index is 4.53. The monoisotopic (exact) mass is 476 g/mol. The van der Waals surface area contributed by atoms with E-state index >= 15 is 0 Å². The van der Waals surface area contributed by atoms with Crippen LogP contribution in [-0.2, 0) is 10.8 Å².